The van der Waals surface area contributed by atoms with Crippen LogP contribution in [0.5, 0.6) is 0 Å². The van der Waals surface area contributed by atoms with Crippen molar-refractivity contribution < 1.29 is 19.5 Å². The number of amides is 2. The average molecular weight is 305 g/mol. The van der Waals surface area contributed by atoms with Crippen molar-refractivity contribution in [2.45, 2.75) is 24.9 Å². The number of hydrogen-bond donors (Lipinski definition) is 3. The molecule has 22 heavy (non-hydrogen) atoms. The van der Waals surface area contributed by atoms with E-state index in [1.165, 1.54) is 4.90 Å². The Morgan fingerprint density at radius 1 is 1.27 bits per heavy atom. The Morgan fingerprint density at radius 2 is 1.95 bits per heavy atom. The summed E-state index contributed by atoms with van der Waals surface area (Å²) in [5, 5.41) is 12.0. The summed E-state index contributed by atoms with van der Waals surface area (Å²) >= 11 is 0. The third-order valence-corrected chi connectivity index (χ3v) is 3.64. The minimum atomic E-state index is -1.07. The predicted molar refractivity (Wildman–Crippen MR) is 79.1 cm³/mol. The van der Waals surface area contributed by atoms with Gasteiger partial charge in [-0.2, -0.15) is 0 Å². The summed E-state index contributed by atoms with van der Waals surface area (Å²) in [6.07, 6.45) is 0.299. The number of carbonyl (C=O) groups excluding carboxylic acids is 2. The number of nitrogens with zero attached hydrogens (tertiary/aromatic N) is 1. The summed E-state index contributed by atoms with van der Waals surface area (Å²) in [6, 6.07) is 7.37. The molecular weight excluding hydrogens is 286 g/mol. The molecule has 1 aromatic rings. The molecule has 1 fully saturated rings. The first-order valence-electron chi connectivity index (χ1n) is 7.11. The highest BCUT2D eigenvalue weighted by Crippen LogP contribution is 2.19. The van der Waals surface area contributed by atoms with Crippen molar-refractivity contribution in [2.75, 3.05) is 13.1 Å². The number of carboxylic acid groups (broad SMARTS) is 1. The van der Waals surface area contributed by atoms with Gasteiger partial charge in [-0.05, 0) is 12.1 Å². The number of aliphatic carboxylic acids is 1. The molecule has 0 saturated carbocycles. The Labute approximate surface area is 128 Å². The van der Waals surface area contributed by atoms with Crippen molar-refractivity contribution >= 4 is 17.8 Å². The van der Waals surface area contributed by atoms with E-state index >= 15 is 0 Å². The zero-order chi connectivity index (χ0) is 16.1. The highest BCUT2D eigenvalue weighted by Gasteiger charge is 2.39. The fourth-order valence-electron chi connectivity index (χ4n) is 2.58. The summed E-state index contributed by atoms with van der Waals surface area (Å²) in [4.78, 5) is 36.6. The molecule has 0 bridgehead atoms. The van der Waals surface area contributed by atoms with Crippen LogP contribution in [0.25, 0.3) is 0 Å². The van der Waals surface area contributed by atoms with Crippen LogP contribution in [0.1, 0.15) is 23.2 Å². The van der Waals surface area contributed by atoms with E-state index in [1.807, 2.05) is 0 Å². The van der Waals surface area contributed by atoms with E-state index < -0.39 is 12.0 Å². The van der Waals surface area contributed by atoms with E-state index in [4.69, 9.17) is 5.73 Å². The Bertz CT molecular complexity index is 561. The van der Waals surface area contributed by atoms with Crippen molar-refractivity contribution in [1.82, 2.24) is 10.2 Å². The molecule has 1 saturated heterocycles. The lowest BCUT2D eigenvalue weighted by atomic mass is 10.1. The molecule has 7 heteroatoms. The van der Waals surface area contributed by atoms with Gasteiger partial charge >= 0.3 is 5.97 Å². The first-order chi connectivity index (χ1) is 10.5. The number of carboxylic acids is 1. The first-order valence-corrected chi connectivity index (χ1v) is 7.11. The van der Waals surface area contributed by atoms with Crippen LogP contribution >= 0.6 is 0 Å². The highest BCUT2D eigenvalue weighted by atomic mass is 16.4. The number of carbonyl (C=O) groups is 3. The van der Waals surface area contributed by atoms with Gasteiger partial charge in [-0.15, -0.1) is 0 Å². The molecule has 0 radical (unpaired) electrons. The molecule has 118 valence electrons. The van der Waals surface area contributed by atoms with E-state index in [0.29, 0.717) is 5.56 Å². The summed E-state index contributed by atoms with van der Waals surface area (Å²) < 4.78 is 0. The number of hydrogen-bond acceptors (Lipinski definition) is 4. The average Bonchev–Trinajstić information content (AvgIpc) is 2.92. The van der Waals surface area contributed by atoms with Gasteiger partial charge in [0.25, 0.3) is 5.91 Å². The second kappa shape index (κ2) is 7.04. The number of nitrogens with one attached hydrogen (secondary N) is 1. The van der Waals surface area contributed by atoms with Crippen LogP contribution in [0.3, 0.4) is 0 Å². The van der Waals surface area contributed by atoms with Crippen LogP contribution in [0, 0.1) is 0 Å². The molecule has 0 aromatic heterocycles. The summed E-state index contributed by atoms with van der Waals surface area (Å²) in [7, 11) is 0. The lowest BCUT2D eigenvalue weighted by Crippen LogP contribution is -2.42. The molecule has 0 aliphatic carbocycles. The summed E-state index contributed by atoms with van der Waals surface area (Å²) in [5.41, 5.74) is 5.85. The molecule has 2 unspecified atom stereocenters. The molecule has 2 rings (SSSR count). The monoisotopic (exact) mass is 305 g/mol. The van der Waals surface area contributed by atoms with Crippen molar-refractivity contribution in [3.05, 3.63) is 35.9 Å². The van der Waals surface area contributed by atoms with Crippen LogP contribution in [0.2, 0.25) is 0 Å². The minimum Gasteiger partial charge on any atom is -0.480 e. The maximum absolute atomic E-state index is 12.1. The number of likely N-dealkylation sites (tertiary alicyclic amines) is 1. The zero-order valence-electron chi connectivity index (χ0n) is 12.1. The molecule has 7 nitrogen and oxygen atoms in total. The van der Waals surface area contributed by atoms with Crippen molar-refractivity contribution in [2.24, 2.45) is 5.73 Å². The van der Waals surface area contributed by atoms with E-state index in [2.05, 4.69) is 5.32 Å². The van der Waals surface area contributed by atoms with Crippen LogP contribution in [0.4, 0.5) is 0 Å². The molecule has 0 spiro atoms. The van der Waals surface area contributed by atoms with E-state index in [0.717, 1.165) is 0 Å². The first kappa shape index (κ1) is 16.0. The maximum Gasteiger partial charge on any atom is 0.326 e. The fourth-order valence-corrected chi connectivity index (χ4v) is 2.58. The van der Waals surface area contributed by atoms with Gasteiger partial charge in [-0.3, -0.25) is 9.59 Å². The van der Waals surface area contributed by atoms with Gasteiger partial charge < -0.3 is 21.1 Å². The van der Waals surface area contributed by atoms with Gasteiger partial charge in [0, 0.05) is 37.5 Å². The van der Waals surface area contributed by atoms with Gasteiger partial charge in [0.05, 0.1) is 0 Å². The molecule has 1 aromatic carbocycles. The summed E-state index contributed by atoms with van der Waals surface area (Å²) in [5.74, 6) is -1.64. The predicted octanol–water partition coefficient (Wildman–Crippen LogP) is -0.181. The quantitative estimate of drug-likeness (QED) is 0.698. The lowest BCUT2D eigenvalue weighted by molar-refractivity contribution is -0.148. The van der Waals surface area contributed by atoms with Crippen molar-refractivity contribution in [3.8, 4) is 0 Å². The number of benzene rings is 1. The SMILES string of the molecule is NCCC(=O)N1CC(NC(=O)c2ccccc2)CC1C(=O)O. The Balaban J connectivity index is 2.03. The molecule has 1 aliphatic rings. The van der Waals surface area contributed by atoms with Crippen LogP contribution in [-0.2, 0) is 9.59 Å². The Hall–Kier alpha value is -2.41. The minimum absolute atomic E-state index is 0.100. The second-order valence-electron chi connectivity index (χ2n) is 5.21. The van der Waals surface area contributed by atoms with E-state index in [-0.39, 0.29) is 43.8 Å². The van der Waals surface area contributed by atoms with Gasteiger partial charge in [-0.1, -0.05) is 18.2 Å². The molecule has 2 atom stereocenters. The van der Waals surface area contributed by atoms with E-state index in [1.54, 1.807) is 30.3 Å². The normalized spacial score (nSPS) is 20.7. The Kier molecular flexibility index (Phi) is 5.11. The van der Waals surface area contributed by atoms with Gasteiger partial charge in [0.15, 0.2) is 0 Å². The number of rotatable bonds is 5. The molecule has 1 heterocycles. The lowest BCUT2D eigenvalue weighted by Gasteiger charge is -2.21. The zero-order valence-corrected chi connectivity index (χ0v) is 12.1. The Morgan fingerprint density at radius 3 is 2.55 bits per heavy atom. The van der Waals surface area contributed by atoms with Crippen LogP contribution < -0.4 is 11.1 Å². The summed E-state index contributed by atoms with van der Waals surface area (Å²) in [6.45, 7) is 0.358. The fraction of sp³-hybridized carbons (Fsp3) is 0.400. The molecule has 4 N–H and O–H groups in total. The van der Waals surface area contributed by atoms with Gasteiger partial charge in [-0.25, -0.2) is 4.79 Å². The highest BCUT2D eigenvalue weighted by molar-refractivity contribution is 5.94. The number of nitrogens with two attached hydrogens (primary N) is 1. The maximum atomic E-state index is 12.1. The topological polar surface area (TPSA) is 113 Å². The standard InChI is InChI=1S/C15H19N3O4/c16-7-6-13(19)18-9-11(8-12(18)15(21)22)17-14(20)10-4-2-1-3-5-10/h1-5,11-12H,6-9,16H2,(H,17,20)(H,21,22). The molecule has 2 amide bonds. The van der Waals surface area contributed by atoms with Crippen LogP contribution in [-0.4, -0.2) is 53.0 Å². The third-order valence-electron chi connectivity index (χ3n) is 3.64. The molecular formula is C15H19N3O4. The van der Waals surface area contributed by atoms with E-state index in [9.17, 15) is 19.5 Å². The smallest absolute Gasteiger partial charge is 0.326 e. The second-order valence-corrected chi connectivity index (χ2v) is 5.21. The van der Waals surface area contributed by atoms with Crippen molar-refractivity contribution in [1.29, 1.82) is 0 Å². The van der Waals surface area contributed by atoms with Gasteiger partial charge in [0.2, 0.25) is 5.91 Å². The molecule has 1 aliphatic heterocycles. The van der Waals surface area contributed by atoms with Crippen LogP contribution in [0.15, 0.2) is 30.3 Å². The largest absolute Gasteiger partial charge is 0.480 e. The third kappa shape index (κ3) is 3.62. The van der Waals surface area contributed by atoms with Gasteiger partial charge in [0.1, 0.15) is 6.04 Å². The van der Waals surface area contributed by atoms with Crippen molar-refractivity contribution in [3.63, 3.8) is 0 Å².